The molecule has 0 aliphatic carbocycles. The number of benzene rings is 2. The third-order valence-corrected chi connectivity index (χ3v) is 4.26. The highest BCUT2D eigenvalue weighted by Crippen LogP contribution is 2.29. The second-order valence-corrected chi connectivity index (χ2v) is 6.03. The van der Waals surface area contributed by atoms with Crippen molar-refractivity contribution < 1.29 is 23.7 Å². The van der Waals surface area contributed by atoms with Gasteiger partial charge in [0.05, 0.1) is 27.4 Å². The summed E-state index contributed by atoms with van der Waals surface area (Å²) in [6, 6.07) is 12.4. The van der Waals surface area contributed by atoms with Gasteiger partial charge in [0.1, 0.15) is 23.0 Å². The number of carbonyl (C=O) groups excluding carboxylic acids is 1. The van der Waals surface area contributed by atoms with Gasteiger partial charge in [-0.05, 0) is 55.8 Å². The second kappa shape index (κ2) is 9.71. The summed E-state index contributed by atoms with van der Waals surface area (Å²) in [5.74, 6) is 2.55. The first-order valence-electron chi connectivity index (χ1n) is 8.85. The van der Waals surface area contributed by atoms with Gasteiger partial charge in [-0.15, -0.1) is 0 Å². The molecule has 0 aromatic heterocycles. The van der Waals surface area contributed by atoms with Gasteiger partial charge in [-0.2, -0.15) is 0 Å². The van der Waals surface area contributed by atoms with Crippen molar-refractivity contribution in [2.45, 2.75) is 32.4 Å². The van der Waals surface area contributed by atoms with Gasteiger partial charge >= 0.3 is 0 Å². The lowest BCUT2D eigenvalue weighted by Crippen LogP contribution is -2.39. The highest BCUT2D eigenvalue weighted by molar-refractivity contribution is 5.81. The van der Waals surface area contributed by atoms with Crippen LogP contribution in [0, 0.1) is 0 Å². The van der Waals surface area contributed by atoms with Crippen molar-refractivity contribution in [3.63, 3.8) is 0 Å². The molecule has 0 saturated carbocycles. The topological polar surface area (TPSA) is 66.0 Å². The maximum Gasteiger partial charge on any atom is 0.261 e. The van der Waals surface area contributed by atoms with Crippen molar-refractivity contribution in [2.75, 3.05) is 21.3 Å². The molecule has 1 N–H and O–H groups in total. The van der Waals surface area contributed by atoms with Gasteiger partial charge in [-0.1, -0.05) is 6.92 Å². The fourth-order valence-electron chi connectivity index (χ4n) is 2.70. The zero-order chi connectivity index (χ0) is 19.8. The molecular formula is C21H27NO5. The zero-order valence-electron chi connectivity index (χ0n) is 16.4. The molecule has 2 aromatic carbocycles. The van der Waals surface area contributed by atoms with E-state index in [1.807, 2.05) is 32.0 Å². The number of rotatable bonds is 9. The van der Waals surface area contributed by atoms with Crippen LogP contribution in [0.4, 0.5) is 0 Å². The molecule has 0 aliphatic heterocycles. The van der Waals surface area contributed by atoms with Crippen LogP contribution in [0.3, 0.4) is 0 Å². The Bertz CT molecular complexity index is 745. The van der Waals surface area contributed by atoms with Crippen molar-refractivity contribution in [1.29, 1.82) is 0 Å². The highest BCUT2D eigenvalue weighted by Gasteiger charge is 2.22. The summed E-state index contributed by atoms with van der Waals surface area (Å²) in [6.07, 6.45) is -0.0581. The van der Waals surface area contributed by atoms with Crippen LogP contribution in [0.25, 0.3) is 0 Å². The first-order chi connectivity index (χ1) is 13.0. The summed E-state index contributed by atoms with van der Waals surface area (Å²) in [4.78, 5) is 12.7. The van der Waals surface area contributed by atoms with Gasteiger partial charge < -0.3 is 24.3 Å². The Morgan fingerprint density at radius 1 is 0.926 bits per heavy atom. The zero-order valence-corrected chi connectivity index (χ0v) is 16.4. The molecule has 0 unspecified atom stereocenters. The third-order valence-electron chi connectivity index (χ3n) is 4.26. The summed E-state index contributed by atoms with van der Waals surface area (Å²) >= 11 is 0. The lowest BCUT2D eigenvalue weighted by molar-refractivity contribution is -0.128. The fourth-order valence-corrected chi connectivity index (χ4v) is 2.70. The monoisotopic (exact) mass is 373 g/mol. The predicted octanol–water partition coefficient (Wildman–Crippen LogP) is 3.75. The third kappa shape index (κ3) is 5.29. The van der Waals surface area contributed by atoms with Gasteiger partial charge in [-0.3, -0.25) is 4.79 Å². The van der Waals surface area contributed by atoms with Crippen molar-refractivity contribution in [1.82, 2.24) is 5.32 Å². The quantitative estimate of drug-likeness (QED) is 0.725. The summed E-state index contributed by atoms with van der Waals surface area (Å²) in [6.45, 7) is 3.81. The molecule has 146 valence electrons. The fraction of sp³-hybridized carbons (Fsp3) is 0.381. The Kier molecular flexibility index (Phi) is 7.34. The lowest BCUT2D eigenvalue weighted by Gasteiger charge is -2.22. The van der Waals surface area contributed by atoms with E-state index >= 15 is 0 Å². The van der Waals surface area contributed by atoms with Gasteiger partial charge in [0.2, 0.25) is 0 Å². The van der Waals surface area contributed by atoms with Crippen LogP contribution in [-0.4, -0.2) is 33.3 Å². The molecule has 0 aliphatic rings. The molecule has 27 heavy (non-hydrogen) atoms. The van der Waals surface area contributed by atoms with Crippen molar-refractivity contribution in [3.8, 4) is 23.0 Å². The molecule has 2 aromatic rings. The van der Waals surface area contributed by atoms with E-state index in [4.69, 9.17) is 18.9 Å². The van der Waals surface area contributed by atoms with E-state index in [0.717, 1.165) is 11.3 Å². The van der Waals surface area contributed by atoms with Crippen LogP contribution < -0.4 is 24.3 Å². The van der Waals surface area contributed by atoms with E-state index in [0.29, 0.717) is 23.7 Å². The minimum absolute atomic E-state index is 0.189. The molecule has 2 rings (SSSR count). The predicted molar refractivity (Wildman–Crippen MR) is 104 cm³/mol. The van der Waals surface area contributed by atoms with E-state index < -0.39 is 6.10 Å². The lowest BCUT2D eigenvalue weighted by atomic mass is 10.1. The van der Waals surface area contributed by atoms with Crippen molar-refractivity contribution >= 4 is 5.91 Å². The molecule has 6 heteroatoms. The smallest absolute Gasteiger partial charge is 0.261 e. The second-order valence-electron chi connectivity index (χ2n) is 6.03. The molecule has 0 bridgehead atoms. The number of hydrogen-bond donors (Lipinski definition) is 1. The van der Waals surface area contributed by atoms with Gasteiger partial charge in [0, 0.05) is 5.56 Å². The number of methoxy groups -OCH3 is 3. The minimum atomic E-state index is -0.600. The Morgan fingerprint density at radius 2 is 1.52 bits per heavy atom. The van der Waals surface area contributed by atoms with Gasteiger partial charge in [-0.25, -0.2) is 0 Å². The highest BCUT2D eigenvalue weighted by atomic mass is 16.5. The molecule has 1 amide bonds. The van der Waals surface area contributed by atoms with Gasteiger partial charge in [0.15, 0.2) is 6.10 Å². The van der Waals surface area contributed by atoms with E-state index in [1.165, 1.54) is 0 Å². The molecule has 6 nitrogen and oxygen atoms in total. The number of carbonyl (C=O) groups is 1. The molecule has 2 atom stereocenters. The van der Waals surface area contributed by atoms with Gasteiger partial charge in [0.25, 0.3) is 5.91 Å². The van der Waals surface area contributed by atoms with E-state index in [1.54, 1.807) is 45.6 Å². The van der Waals surface area contributed by atoms with E-state index in [-0.39, 0.29) is 11.9 Å². The van der Waals surface area contributed by atoms with Crippen LogP contribution in [0.5, 0.6) is 23.0 Å². The summed E-state index contributed by atoms with van der Waals surface area (Å²) in [5.41, 5.74) is 0.838. The number of amides is 1. The van der Waals surface area contributed by atoms with Crippen molar-refractivity contribution in [3.05, 3.63) is 48.0 Å². The molecular weight excluding hydrogens is 346 g/mol. The van der Waals surface area contributed by atoms with Crippen LogP contribution in [0.2, 0.25) is 0 Å². The summed E-state index contributed by atoms with van der Waals surface area (Å²) in [5, 5.41) is 2.99. The number of nitrogens with one attached hydrogen (secondary N) is 1. The van der Waals surface area contributed by atoms with E-state index in [9.17, 15) is 4.79 Å². The number of ether oxygens (including phenoxy) is 4. The first-order valence-corrected chi connectivity index (χ1v) is 8.85. The van der Waals surface area contributed by atoms with Crippen LogP contribution in [0.15, 0.2) is 42.5 Å². The Morgan fingerprint density at radius 3 is 2.07 bits per heavy atom. The Hall–Kier alpha value is -2.89. The Balaban J connectivity index is 2.08. The summed E-state index contributed by atoms with van der Waals surface area (Å²) < 4.78 is 21.6. The average Bonchev–Trinajstić information content (AvgIpc) is 2.71. The molecule has 0 saturated heterocycles. The van der Waals surface area contributed by atoms with E-state index in [2.05, 4.69) is 5.32 Å². The van der Waals surface area contributed by atoms with Crippen molar-refractivity contribution in [2.24, 2.45) is 0 Å². The SMILES string of the molecule is CC[C@@H](Oc1ccc(OC)cc1)C(=O)N[C@H](C)c1cc(OC)ccc1OC. The molecule has 0 fully saturated rings. The number of hydrogen-bond acceptors (Lipinski definition) is 5. The minimum Gasteiger partial charge on any atom is -0.497 e. The maximum atomic E-state index is 12.7. The van der Waals surface area contributed by atoms with Crippen LogP contribution >= 0.6 is 0 Å². The van der Waals surface area contributed by atoms with Crippen LogP contribution in [0.1, 0.15) is 31.9 Å². The first kappa shape index (κ1) is 20.4. The summed E-state index contributed by atoms with van der Waals surface area (Å²) in [7, 11) is 4.80. The van der Waals surface area contributed by atoms with Crippen LogP contribution in [-0.2, 0) is 4.79 Å². The maximum absolute atomic E-state index is 12.7. The molecule has 0 spiro atoms. The molecule has 0 radical (unpaired) electrons. The largest absolute Gasteiger partial charge is 0.497 e. The average molecular weight is 373 g/mol. The Labute approximate surface area is 160 Å². The molecule has 0 heterocycles. The normalized spacial score (nSPS) is 12.6. The standard InChI is InChI=1S/C21H27NO5/c1-6-19(27-16-9-7-15(24-3)8-10-16)21(23)22-14(2)18-13-17(25-4)11-12-20(18)26-5/h7-14,19H,6H2,1-5H3,(H,22,23)/t14-,19-/m1/s1.